The minimum absolute atomic E-state index is 0.0524. The highest BCUT2D eigenvalue weighted by atomic mass is 19.4. The summed E-state index contributed by atoms with van der Waals surface area (Å²) in [6, 6.07) is 6.32. The highest BCUT2D eigenvalue weighted by Crippen LogP contribution is 2.31. The van der Waals surface area contributed by atoms with Gasteiger partial charge in [-0.15, -0.1) is 0 Å². The molecular formula is C18H14F4N4O2. The van der Waals surface area contributed by atoms with Gasteiger partial charge in [0.05, 0.1) is 11.8 Å². The molecule has 2 heterocycles. The molecule has 1 N–H and O–H groups in total. The summed E-state index contributed by atoms with van der Waals surface area (Å²) in [7, 11) is 0. The van der Waals surface area contributed by atoms with Crippen LogP contribution in [0.15, 0.2) is 41.3 Å². The summed E-state index contributed by atoms with van der Waals surface area (Å²) in [6.45, 7) is 1.58. The predicted molar refractivity (Wildman–Crippen MR) is 92.6 cm³/mol. The van der Waals surface area contributed by atoms with Crippen LogP contribution in [-0.2, 0) is 23.8 Å². The molecule has 0 aliphatic rings. The second-order valence-electron chi connectivity index (χ2n) is 5.91. The van der Waals surface area contributed by atoms with Crippen LogP contribution >= 0.6 is 0 Å². The van der Waals surface area contributed by atoms with Gasteiger partial charge in [-0.3, -0.25) is 15.0 Å². The maximum Gasteiger partial charge on any atom is 0.435 e. The smallest absolute Gasteiger partial charge is 0.273 e. The van der Waals surface area contributed by atoms with Crippen LogP contribution in [0.25, 0.3) is 10.9 Å². The predicted octanol–water partition coefficient (Wildman–Crippen LogP) is 2.82. The molecule has 28 heavy (non-hydrogen) atoms. The van der Waals surface area contributed by atoms with Crippen LogP contribution in [0.4, 0.5) is 17.6 Å². The van der Waals surface area contributed by atoms with Crippen LogP contribution in [0.2, 0.25) is 0 Å². The van der Waals surface area contributed by atoms with Gasteiger partial charge < -0.3 is 0 Å². The maximum atomic E-state index is 13.2. The van der Waals surface area contributed by atoms with Gasteiger partial charge in [-0.1, -0.05) is 19.1 Å². The second-order valence-corrected chi connectivity index (χ2v) is 5.91. The Morgan fingerprint density at radius 3 is 2.46 bits per heavy atom. The molecule has 3 rings (SSSR count). The minimum atomic E-state index is -4.78. The van der Waals surface area contributed by atoms with E-state index < -0.39 is 34.7 Å². The molecule has 1 amide bonds. The molecule has 0 fully saturated rings. The van der Waals surface area contributed by atoms with E-state index in [9.17, 15) is 27.2 Å². The molecule has 0 spiro atoms. The van der Waals surface area contributed by atoms with Gasteiger partial charge in [0.2, 0.25) is 5.91 Å². The molecule has 0 atom stereocenters. The summed E-state index contributed by atoms with van der Waals surface area (Å²) >= 11 is 0. The number of fused-ring (bicyclic) bond motifs is 1. The van der Waals surface area contributed by atoms with E-state index in [0.717, 1.165) is 16.9 Å². The van der Waals surface area contributed by atoms with Crippen LogP contribution in [0.5, 0.6) is 0 Å². The molecule has 0 radical (unpaired) electrons. The molecule has 0 saturated carbocycles. The van der Waals surface area contributed by atoms with E-state index in [0.29, 0.717) is 5.56 Å². The molecule has 2 aromatic heterocycles. The number of alkyl halides is 3. The number of hydrogen-bond acceptors (Lipinski definition) is 4. The third kappa shape index (κ3) is 3.85. The van der Waals surface area contributed by atoms with Crippen molar-refractivity contribution in [3.63, 3.8) is 0 Å². The molecule has 146 valence electrons. The highest BCUT2D eigenvalue weighted by Gasteiger charge is 2.36. The summed E-state index contributed by atoms with van der Waals surface area (Å²) in [6.07, 6.45) is -3.97. The first kappa shape index (κ1) is 19.5. The van der Waals surface area contributed by atoms with Crippen molar-refractivity contribution in [3.05, 3.63) is 69.8 Å². The zero-order valence-corrected chi connectivity index (χ0v) is 14.5. The van der Waals surface area contributed by atoms with Crippen LogP contribution < -0.4 is 11.0 Å². The molecule has 3 aromatic rings. The number of halogens is 4. The Labute approximate surface area is 155 Å². The Balaban J connectivity index is 2.01. The molecule has 1 aromatic carbocycles. The number of aromatic nitrogens is 3. The number of carbonyl (C=O) groups is 1. The minimum Gasteiger partial charge on any atom is -0.273 e. The number of nitrogens with one attached hydrogen (secondary N) is 1. The van der Waals surface area contributed by atoms with Crippen LogP contribution in [0, 0.1) is 5.82 Å². The first-order valence-corrected chi connectivity index (χ1v) is 8.23. The van der Waals surface area contributed by atoms with Crippen molar-refractivity contribution in [1.82, 2.24) is 14.6 Å². The Bertz CT molecular complexity index is 1090. The van der Waals surface area contributed by atoms with Crippen LogP contribution in [-0.4, -0.2) is 20.6 Å². The molecule has 10 heteroatoms. The normalized spacial score (nSPS) is 11.6. The number of aryl methyl sites for hydroxylation is 1. The van der Waals surface area contributed by atoms with E-state index in [1.54, 1.807) is 6.92 Å². The van der Waals surface area contributed by atoms with Gasteiger partial charge in [-0.2, -0.15) is 13.2 Å². The van der Waals surface area contributed by atoms with Gasteiger partial charge in [-0.05, 0) is 23.8 Å². The summed E-state index contributed by atoms with van der Waals surface area (Å²) in [5.74, 6) is -1.11. The standard InChI is InChI=1S/C18H14F4N4O2/c1-2-13-24-15-12(7-8-23-16(15)18(20,21)22)17(28)26(13)25-14(27)9-10-3-5-11(19)6-4-10/h3-8H,2,9H2,1H3,(H,25,27). The van der Waals surface area contributed by atoms with E-state index in [-0.39, 0.29) is 24.1 Å². The molecule has 6 nitrogen and oxygen atoms in total. The van der Waals surface area contributed by atoms with Crippen molar-refractivity contribution < 1.29 is 22.4 Å². The lowest BCUT2D eigenvalue weighted by atomic mass is 10.1. The molecule has 0 unspecified atom stereocenters. The highest BCUT2D eigenvalue weighted by molar-refractivity contribution is 5.86. The molecule has 0 saturated heterocycles. The number of amides is 1. The largest absolute Gasteiger partial charge is 0.435 e. The lowest BCUT2D eigenvalue weighted by molar-refractivity contribution is -0.140. The first-order chi connectivity index (χ1) is 13.2. The Morgan fingerprint density at radius 1 is 1.18 bits per heavy atom. The third-order valence-electron chi connectivity index (χ3n) is 3.96. The molecule has 0 aliphatic carbocycles. The van der Waals surface area contributed by atoms with Crippen molar-refractivity contribution >= 4 is 16.8 Å². The van der Waals surface area contributed by atoms with Gasteiger partial charge in [0.25, 0.3) is 5.56 Å². The zero-order chi connectivity index (χ0) is 20.5. The number of pyridine rings is 1. The fourth-order valence-corrected chi connectivity index (χ4v) is 2.67. The number of benzene rings is 1. The fourth-order valence-electron chi connectivity index (χ4n) is 2.67. The summed E-state index contributed by atoms with van der Waals surface area (Å²) < 4.78 is 53.3. The van der Waals surface area contributed by atoms with E-state index in [1.165, 1.54) is 24.3 Å². The van der Waals surface area contributed by atoms with Gasteiger partial charge in [-0.25, -0.2) is 19.0 Å². The van der Waals surface area contributed by atoms with E-state index in [2.05, 4.69) is 15.4 Å². The van der Waals surface area contributed by atoms with E-state index >= 15 is 0 Å². The lowest BCUT2D eigenvalue weighted by Crippen LogP contribution is -2.37. The van der Waals surface area contributed by atoms with Gasteiger partial charge >= 0.3 is 6.18 Å². The van der Waals surface area contributed by atoms with Crippen molar-refractivity contribution in [2.45, 2.75) is 25.9 Å². The molecular weight excluding hydrogens is 380 g/mol. The van der Waals surface area contributed by atoms with Crippen molar-refractivity contribution in [1.29, 1.82) is 0 Å². The lowest BCUT2D eigenvalue weighted by Gasteiger charge is -2.15. The van der Waals surface area contributed by atoms with E-state index in [4.69, 9.17) is 0 Å². The van der Waals surface area contributed by atoms with Gasteiger partial charge in [0.15, 0.2) is 5.69 Å². The van der Waals surface area contributed by atoms with Gasteiger partial charge in [0, 0.05) is 12.6 Å². The number of hydrogen-bond donors (Lipinski definition) is 1. The zero-order valence-electron chi connectivity index (χ0n) is 14.5. The number of rotatable bonds is 4. The monoisotopic (exact) mass is 394 g/mol. The summed E-state index contributed by atoms with van der Waals surface area (Å²) in [5.41, 5.74) is 0.176. The average Bonchev–Trinajstić information content (AvgIpc) is 2.64. The first-order valence-electron chi connectivity index (χ1n) is 8.23. The van der Waals surface area contributed by atoms with Crippen molar-refractivity contribution in [2.24, 2.45) is 0 Å². The second kappa shape index (κ2) is 7.37. The SMILES string of the molecule is CCc1nc2c(C(F)(F)F)nccc2c(=O)n1NC(=O)Cc1ccc(F)cc1. The summed E-state index contributed by atoms with van der Waals surface area (Å²) in [4.78, 5) is 32.2. The molecule has 0 bridgehead atoms. The van der Waals surface area contributed by atoms with Gasteiger partial charge in [0.1, 0.15) is 17.2 Å². The van der Waals surface area contributed by atoms with E-state index in [1.807, 2.05) is 0 Å². The maximum absolute atomic E-state index is 13.2. The number of nitrogens with zero attached hydrogens (tertiary/aromatic N) is 3. The Kier molecular flexibility index (Phi) is 5.12. The Morgan fingerprint density at radius 2 is 1.86 bits per heavy atom. The molecule has 0 aliphatic heterocycles. The quantitative estimate of drug-likeness (QED) is 0.691. The van der Waals surface area contributed by atoms with Crippen molar-refractivity contribution in [3.8, 4) is 0 Å². The average molecular weight is 394 g/mol. The van der Waals surface area contributed by atoms with Crippen molar-refractivity contribution in [2.75, 3.05) is 5.43 Å². The Hall–Kier alpha value is -3.30. The topological polar surface area (TPSA) is 76.9 Å². The van der Waals surface area contributed by atoms with Crippen LogP contribution in [0.1, 0.15) is 24.0 Å². The summed E-state index contributed by atoms with van der Waals surface area (Å²) in [5, 5.41) is -0.318. The third-order valence-corrected chi connectivity index (χ3v) is 3.96. The fraction of sp³-hybridized carbons (Fsp3) is 0.222. The number of carbonyl (C=O) groups excluding carboxylic acids is 1. The van der Waals surface area contributed by atoms with Crippen LogP contribution in [0.3, 0.4) is 0 Å².